The van der Waals surface area contributed by atoms with Crippen LogP contribution in [0.15, 0.2) is 36.4 Å². The molecule has 6 nitrogen and oxygen atoms in total. The number of hydrogen-bond donors (Lipinski definition) is 1. The van der Waals surface area contributed by atoms with Gasteiger partial charge < -0.3 is 24.1 Å². The molecule has 0 saturated heterocycles. The van der Waals surface area contributed by atoms with Crippen molar-refractivity contribution < 1.29 is 24.1 Å². The predicted molar refractivity (Wildman–Crippen MR) is 97.9 cm³/mol. The summed E-state index contributed by atoms with van der Waals surface area (Å²) in [5.74, 6) is 2.95. The third-order valence-corrected chi connectivity index (χ3v) is 4.24. The lowest BCUT2D eigenvalue weighted by Crippen LogP contribution is -2.30. The first-order valence-corrected chi connectivity index (χ1v) is 8.59. The van der Waals surface area contributed by atoms with Crippen LogP contribution in [0.25, 0.3) is 0 Å². The zero-order valence-corrected chi connectivity index (χ0v) is 15.4. The van der Waals surface area contributed by atoms with Crippen molar-refractivity contribution in [3.05, 3.63) is 47.5 Å². The van der Waals surface area contributed by atoms with E-state index in [4.69, 9.17) is 18.9 Å². The van der Waals surface area contributed by atoms with Crippen LogP contribution in [0.1, 0.15) is 18.1 Å². The Kier molecular flexibility index (Phi) is 5.85. The summed E-state index contributed by atoms with van der Waals surface area (Å²) in [4.78, 5) is 2.17. The Balaban J connectivity index is 1.80. The summed E-state index contributed by atoms with van der Waals surface area (Å²) in [6, 6.07) is 11.8. The second kappa shape index (κ2) is 8.29. The summed E-state index contributed by atoms with van der Waals surface area (Å²) >= 11 is 0. The predicted octanol–water partition coefficient (Wildman–Crippen LogP) is 2.82. The summed E-state index contributed by atoms with van der Waals surface area (Å²) in [5, 5.41) is 9.92. The summed E-state index contributed by atoms with van der Waals surface area (Å²) < 4.78 is 21.7. The standard InChI is InChI=1S/C20H25NO5/c1-14(22)10-21(11-15-7-8-17-19(9-15)26-13-25-17)12-16-5-4-6-18(23-2)20(16)24-3/h4-9,14,22H,10-13H2,1-3H3. The summed E-state index contributed by atoms with van der Waals surface area (Å²) in [6.45, 7) is 3.88. The van der Waals surface area contributed by atoms with E-state index in [1.54, 1.807) is 21.1 Å². The molecule has 6 heteroatoms. The quantitative estimate of drug-likeness (QED) is 0.782. The average molecular weight is 359 g/mol. The average Bonchev–Trinajstić information content (AvgIpc) is 3.08. The second-order valence-corrected chi connectivity index (χ2v) is 6.36. The van der Waals surface area contributed by atoms with E-state index >= 15 is 0 Å². The molecule has 1 N–H and O–H groups in total. The molecule has 1 aliphatic rings. The molecule has 0 fully saturated rings. The second-order valence-electron chi connectivity index (χ2n) is 6.36. The van der Waals surface area contributed by atoms with Crippen molar-refractivity contribution in [2.24, 2.45) is 0 Å². The summed E-state index contributed by atoms with van der Waals surface area (Å²) in [7, 11) is 3.26. The van der Waals surface area contributed by atoms with Crippen molar-refractivity contribution >= 4 is 0 Å². The van der Waals surface area contributed by atoms with E-state index in [-0.39, 0.29) is 6.79 Å². The van der Waals surface area contributed by atoms with Gasteiger partial charge in [-0.25, -0.2) is 0 Å². The van der Waals surface area contributed by atoms with Gasteiger partial charge >= 0.3 is 0 Å². The Morgan fingerprint density at radius 1 is 1.08 bits per heavy atom. The topological polar surface area (TPSA) is 60.4 Å². The highest BCUT2D eigenvalue weighted by molar-refractivity contribution is 5.47. The van der Waals surface area contributed by atoms with Crippen molar-refractivity contribution in [1.29, 1.82) is 0 Å². The first-order valence-electron chi connectivity index (χ1n) is 8.59. The molecular formula is C20H25NO5. The van der Waals surface area contributed by atoms with Crippen molar-refractivity contribution in [3.63, 3.8) is 0 Å². The van der Waals surface area contributed by atoms with E-state index in [1.807, 2.05) is 36.4 Å². The number of nitrogens with zero attached hydrogens (tertiary/aromatic N) is 1. The van der Waals surface area contributed by atoms with Crippen molar-refractivity contribution in [3.8, 4) is 23.0 Å². The number of hydrogen-bond acceptors (Lipinski definition) is 6. The number of aliphatic hydroxyl groups is 1. The summed E-state index contributed by atoms with van der Waals surface area (Å²) in [6.07, 6.45) is -0.444. The van der Waals surface area contributed by atoms with Gasteiger partial charge in [0, 0.05) is 25.2 Å². The minimum Gasteiger partial charge on any atom is -0.493 e. The molecule has 0 radical (unpaired) electrons. The van der Waals surface area contributed by atoms with Gasteiger partial charge in [0.25, 0.3) is 0 Å². The number of methoxy groups -OCH3 is 2. The van der Waals surface area contributed by atoms with Crippen LogP contribution < -0.4 is 18.9 Å². The smallest absolute Gasteiger partial charge is 0.231 e. The Hall–Kier alpha value is -2.44. The Bertz CT molecular complexity index is 747. The number of fused-ring (bicyclic) bond motifs is 1. The maximum absolute atomic E-state index is 9.92. The fraction of sp³-hybridized carbons (Fsp3) is 0.400. The van der Waals surface area contributed by atoms with Gasteiger partial charge in [0.05, 0.1) is 20.3 Å². The molecule has 26 heavy (non-hydrogen) atoms. The maximum atomic E-state index is 9.92. The lowest BCUT2D eigenvalue weighted by Gasteiger charge is -2.25. The first kappa shape index (κ1) is 18.4. The fourth-order valence-electron chi connectivity index (χ4n) is 3.18. The van der Waals surface area contributed by atoms with Crippen LogP contribution in [0.5, 0.6) is 23.0 Å². The van der Waals surface area contributed by atoms with Gasteiger partial charge in [-0.3, -0.25) is 4.90 Å². The number of rotatable bonds is 8. The van der Waals surface area contributed by atoms with Crippen LogP contribution >= 0.6 is 0 Å². The largest absolute Gasteiger partial charge is 0.493 e. The molecule has 2 aromatic rings. The van der Waals surface area contributed by atoms with Crippen molar-refractivity contribution in [1.82, 2.24) is 4.90 Å². The van der Waals surface area contributed by atoms with Crippen molar-refractivity contribution in [2.45, 2.75) is 26.1 Å². The lowest BCUT2D eigenvalue weighted by molar-refractivity contribution is 0.117. The number of aliphatic hydroxyl groups excluding tert-OH is 1. The molecule has 1 aliphatic heterocycles. The van der Waals surface area contributed by atoms with Gasteiger partial charge in [0.2, 0.25) is 6.79 Å². The van der Waals surface area contributed by atoms with Crippen LogP contribution in [0, 0.1) is 0 Å². The molecule has 0 aromatic heterocycles. The normalized spacial score (nSPS) is 13.7. The highest BCUT2D eigenvalue weighted by Crippen LogP contribution is 2.34. The molecule has 3 rings (SSSR count). The Labute approximate surface area is 153 Å². The Morgan fingerprint density at radius 2 is 1.88 bits per heavy atom. The van der Waals surface area contributed by atoms with Gasteiger partial charge in [-0.2, -0.15) is 0 Å². The first-order chi connectivity index (χ1) is 12.6. The molecule has 0 amide bonds. The molecular weight excluding hydrogens is 334 g/mol. The SMILES string of the molecule is COc1cccc(CN(Cc2ccc3c(c2)OCO3)CC(C)O)c1OC. The van der Waals surface area contributed by atoms with E-state index in [0.717, 1.165) is 28.4 Å². The lowest BCUT2D eigenvalue weighted by atomic mass is 10.1. The number of benzene rings is 2. The van der Waals surface area contributed by atoms with E-state index in [1.165, 1.54) is 0 Å². The van der Waals surface area contributed by atoms with E-state index in [2.05, 4.69) is 4.90 Å². The molecule has 1 heterocycles. The molecule has 1 atom stereocenters. The number of para-hydroxylation sites is 1. The van der Waals surface area contributed by atoms with Gasteiger partial charge in [-0.15, -0.1) is 0 Å². The number of ether oxygens (including phenoxy) is 4. The van der Waals surface area contributed by atoms with Crippen LogP contribution in [0.2, 0.25) is 0 Å². The molecule has 0 saturated carbocycles. The molecule has 1 unspecified atom stereocenters. The highest BCUT2D eigenvalue weighted by atomic mass is 16.7. The van der Waals surface area contributed by atoms with Crippen LogP contribution in [-0.2, 0) is 13.1 Å². The van der Waals surface area contributed by atoms with Crippen molar-refractivity contribution in [2.75, 3.05) is 27.6 Å². The highest BCUT2D eigenvalue weighted by Gasteiger charge is 2.18. The molecule has 0 spiro atoms. The van der Waals surface area contributed by atoms with Gasteiger partial charge in [-0.05, 0) is 30.7 Å². The molecule has 0 bridgehead atoms. The maximum Gasteiger partial charge on any atom is 0.231 e. The van der Waals surface area contributed by atoms with Crippen LogP contribution in [-0.4, -0.2) is 43.7 Å². The van der Waals surface area contributed by atoms with Gasteiger partial charge in [-0.1, -0.05) is 18.2 Å². The third kappa shape index (κ3) is 4.20. The monoisotopic (exact) mass is 359 g/mol. The fourth-order valence-corrected chi connectivity index (χ4v) is 3.18. The minimum atomic E-state index is -0.444. The van der Waals surface area contributed by atoms with Gasteiger partial charge in [0.15, 0.2) is 23.0 Å². The Morgan fingerprint density at radius 3 is 2.62 bits per heavy atom. The molecule has 0 aliphatic carbocycles. The molecule has 140 valence electrons. The van der Waals surface area contributed by atoms with Gasteiger partial charge in [0.1, 0.15) is 0 Å². The van der Waals surface area contributed by atoms with Crippen LogP contribution in [0.3, 0.4) is 0 Å². The van der Waals surface area contributed by atoms with E-state index in [0.29, 0.717) is 25.4 Å². The minimum absolute atomic E-state index is 0.261. The van der Waals surface area contributed by atoms with E-state index < -0.39 is 6.10 Å². The summed E-state index contributed by atoms with van der Waals surface area (Å²) in [5.41, 5.74) is 2.10. The van der Waals surface area contributed by atoms with Crippen LogP contribution in [0.4, 0.5) is 0 Å². The van der Waals surface area contributed by atoms with E-state index in [9.17, 15) is 5.11 Å². The zero-order valence-electron chi connectivity index (χ0n) is 15.4. The molecule has 2 aromatic carbocycles. The zero-order chi connectivity index (χ0) is 18.5. The third-order valence-electron chi connectivity index (χ3n) is 4.24.